The molecule has 214 valence electrons. The number of aliphatic hydroxyl groups excluding tert-OH is 6. The number of ether oxygens (including phenoxy) is 4. The van der Waals surface area contributed by atoms with Crippen molar-refractivity contribution in [2.24, 2.45) is 5.41 Å². The van der Waals surface area contributed by atoms with Crippen LogP contribution < -0.4 is 0 Å². The molecule has 0 spiro atoms. The minimum absolute atomic E-state index is 0.0395. The Hall–Kier alpha value is -1.03. The van der Waals surface area contributed by atoms with Crippen LogP contribution in [0.4, 0.5) is 0 Å². The Balaban J connectivity index is 1.59. The van der Waals surface area contributed by atoms with Gasteiger partial charge in [-0.3, -0.25) is 4.79 Å². The second-order valence-corrected chi connectivity index (χ2v) is 11.2. The van der Waals surface area contributed by atoms with Crippen LogP contribution in [0.2, 0.25) is 0 Å². The Morgan fingerprint density at radius 3 is 2.19 bits per heavy atom. The number of rotatable bonds is 8. The third-order valence-electron chi connectivity index (χ3n) is 7.95. The van der Waals surface area contributed by atoms with Crippen molar-refractivity contribution in [3.63, 3.8) is 0 Å². The summed E-state index contributed by atoms with van der Waals surface area (Å²) in [4.78, 5) is 12.0. The highest BCUT2D eigenvalue weighted by molar-refractivity contribution is 5.92. The third kappa shape index (κ3) is 6.25. The van der Waals surface area contributed by atoms with Crippen LogP contribution in [0.5, 0.6) is 0 Å². The van der Waals surface area contributed by atoms with Crippen molar-refractivity contribution in [3.8, 4) is 0 Å². The van der Waals surface area contributed by atoms with Gasteiger partial charge >= 0.3 is 0 Å². The molecule has 3 aliphatic rings. The Bertz CT molecular complexity index is 832. The number of allylic oxidation sites excluding steroid dienone is 1. The Morgan fingerprint density at radius 2 is 1.57 bits per heavy atom. The molecule has 12 heteroatoms. The number of carbonyl (C=O) groups is 1. The molecule has 37 heavy (non-hydrogen) atoms. The minimum Gasteiger partial charge on any atom is -0.388 e. The molecule has 0 amide bonds. The molecule has 12 atom stereocenters. The average molecular weight is 535 g/mol. The molecule has 2 saturated heterocycles. The highest BCUT2D eigenvalue weighted by atomic mass is 16.7. The van der Waals surface area contributed by atoms with E-state index < -0.39 is 78.5 Å². The largest absolute Gasteiger partial charge is 0.388 e. The molecule has 2 fully saturated rings. The summed E-state index contributed by atoms with van der Waals surface area (Å²) < 4.78 is 22.3. The van der Waals surface area contributed by atoms with Gasteiger partial charge in [-0.25, -0.2) is 0 Å². The molecule has 0 bridgehead atoms. The molecule has 2 heterocycles. The predicted octanol–water partition coefficient (Wildman–Crippen LogP) is -1.50. The normalized spacial score (nSPS) is 45.4. The highest BCUT2D eigenvalue weighted by Gasteiger charge is 2.49. The average Bonchev–Trinajstić information content (AvgIpc) is 2.82. The van der Waals surface area contributed by atoms with Crippen molar-refractivity contribution in [1.82, 2.24) is 0 Å². The van der Waals surface area contributed by atoms with Gasteiger partial charge < -0.3 is 54.7 Å². The molecule has 1 aliphatic carbocycles. The number of carbonyl (C=O) groups excluding carboxylic acids is 1. The standard InChI is InChI=1S/C25H42O12/c1-11-8-14(26)9-24(4,5)25(11,33)7-6-12(2)35-23-21(32)19(30)17(28)15(37-23)10-34-22-20(31)18(29)16(27)13(3)36-22/h8,12-13,15-23,27-33H,6-7,9-10H2,1-5H3/t12-,13+,15-,16+,17-,18-,19+,20-,21-,22-,23-,25-/m1/s1. The van der Waals surface area contributed by atoms with Crippen LogP contribution in [0.3, 0.4) is 0 Å². The molecule has 0 saturated carbocycles. The second kappa shape index (κ2) is 11.6. The molecular weight excluding hydrogens is 492 g/mol. The van der Waals surface area contributed by atoms with E-state index in [0.29, 0.717) is 12.0 Å². The van der Waals surface area contributed by atoms with Crippen LogP contribution in [-0.2, 0) is 23.7 Å². The topological polar surface area (TPSA) is 196 Å². The van der Waals surface area contributed by atoms with E-state index in [0.717, 1.165) is 0 Å². The van der Waals surface area contributed by atoms with Crippen molar-refractivity contribution < 1.29 is 59.5 Å². The van der Waals surface area contributed by atoms with Crippen molar-refractivity contribution in [2.45, 2.75) is 127 Å². The maximum absolute atomic E-state index is 12.0. The predicted molar refractivity (Wildman–Crippen MR) is 127 cm³/mol. The molecular formula is C25H42O12. The van der Waals surface area contributed by atoms with Crippen LogP contribution >= 0.6 is 0 Å². The first-order chi connectivity index (χ1) is 17.1. The number of ketones is 1. The molecule has 12 nitrogen and oxygen atoms in total. The van der Waals surface area contributed by atoms with Crippen molar-refractivity contribution >= 4 is 5.78 Å². The lowest BCUT2D eigenvalue weighted by Gasteiger charge is -2.46. The monoisotopic (exact) mass is 534 g/mol. The van der Waals surface area contributed by atoms with Crippen LogP contribution in [0.25, 0.3) is 0 Å². The summed E-state index contributed by atoms with van der Waals surface area (Å²) in [7, 11) is 0. The van der Waals surface area contributed by atoms with Gasteiger partial charge in [-0.2, -0.15) is 0 Å². The summed E-state index contributed by atoms with van der Waals surface area (Å²) in [5.41, 5.74) is -1.34. The fraction of sp³-hybridized carbons (Fsp3) is 0.880. The summed E-state index contributed by atoms with van der Waals surface area (Å²) >= 11 is 0. The van der Waals surface area contributed by atoms with Crippen molar-refractivity contribution in [2.75, 3.05) is 6.61 Å². The molecule has 0 aromatic rings. The van der Waals surface area contributed by atoms with Gasteiger partial charge in [0.1, 0.15) is 42.7 Å². The lowest BCUT2D eigenvalue weighted by atomic mass is 9.63. The van der Waals surface area contributed by atoms with E-state index in [1.807, 2.05) is 13.8 Å². The van der Waals surface area contributed by atoms with Gasteiger partial charge in [0.05, 0.1) is 24.4 Å². The van der Waals surface area contributed by atoms with Gasteiger partial charge in [-0.1, -0.05) is 13.8 Å². The Morgan fingerprint density at radius 1 is 0.973 bits per heavy atom. The van der Waals surface area contributed by atoms with E-state index >= 15 is 0 Å². The van der Waals surface area contributed by atoms with Crippen LogP contribution in [-0.4, -0.2) is 121 Å². The molecule has 0 aromatic carbocycles. The summed E-state index contributed by atoms with van der Waals surface area (Å²) in [6, 6.07) is 0. The summed E-state index contributed by atoms with van der Waals surface area (Å²) in [6.07, 6.45) is -12.0. The van der Waals surface area contributed by atoms with Gasteiger partial charge in [-0.05, 0) is 45.3 Å². The molecule has 0 unspecified atom stereocenters. The first kappa shape index (κ1) is 30.5. The van der Waals surface area contributed by atoms with Gasteiger partial charge in [0, 0.05) is 11.8 Å². The lowest BCUT2D eigenvalue weighted by molar-refractivity contribution is -0.333. The van der Waals surface area contributed by atoms with E-state index in [1.165, 1.54) is 13.0 Å². The van der Waals surface area contributed by atoms with Crippen LogP contribution in [0, 0.1) is 5.41 Å². The highest BCUT2D eigenvalue weighted by Crippen LogP contribution is 2.46. The summed E-state index contributed by atoms with van der Waals surface area (Å²) in [5, 5.41) is 72.4. The summed E-state index contributed by atoms with van der Waals surface area (Å²) in [5.74, 6) is -0.0395. The number of hydrogen-bond acceptors (Lipinski definition) is 12. The van der Waals surface area contributed by atoms with E-state index in [4.69, 9.17) is 18.9 Å². The smallest absolute Gasteiger partial charge is 0.186 e. The van der Waals surface area contributed by atoms with Gasteiger partial charge in [0.2, 0.25) is 0 Å². The molecule has 3 rings (SSSR count). The molecule has 7 N–H and O–H groups in total. The zero-order valence-electron chi connectivity index (χ0n) is 21.9. The Labute approximate surface area is 216 Å². The van der Waals surface area contributed by atoms with Crippen LogP contribution in [0.15, 0.2) is 11.6 Å². The van der Waals surface area contributed by atoms with Gasteiger partial charge in [0.25, 0.3) is 0 Å². The fourth-order valence-electron chi connectivity index (χ4n) is 5.28. The van der Waals surface area contributed by atoms with E-state index in [1.54, 1.807) is 13.8 Å². The maximum Gasteiger partial charge on any atom is 0.186 e. The molecule has 0 radical (unpaired) electrons. The van der Waals surface area contributed by atoms with E-state index in [2.05, 4.69) is 0 Å². The van der Waals surface area contributed by atoms with E-state index in [9.17, 15) is 40.5 Å². The third-order valence-corrected chi connectivity index (χ3v) is 7.95. The zero-order chi connectivity index (χ0) is 27.9. The minimum atomic E-state index is -1.62. The van der Waals surface area contributed by atoms with Gasteiger partial charge in [-0.15, -0.1) is 0 Å². The maximum atomic E-state index is 12.0. The SMILES string of the molecule is CC1=CC(=O)CC(C)(C)[C@@]1(O)CC[C@@H](C)O[C@@H]1O[C@H](CO[C@@H]2O[C@@H](C)[C@H](O)[C@@H](O)[C@H]2O)[C@@H](O)[C@H](O)[C@H]1O. The molecule has 2 aliphatic heterocycles. The van der Waals surface area contributed by atoms with E-state index in [-0.39, 0.29) is 25.2 Å². The van der Waals surface area contributed by atoms with Crippen molar-refractivity contribution in [3.05, 3.63) is 11.6 Å². The summed E-state index contributed by atoms with van der Waals surface area (Å²) in [6.45, 7) is 8.19. The van der Waals surface area contributed by atoms with Crippen molar-refractivity contribution in [1.29, 1.82) is 0 Å². The molecule has 0 aromatic heterocycles. The second-order valence-electron chi connectivity index (χ2n) is 11.2. The fourth-order valence-corrected chi connectivity index (χ4v) is 5.28. The number of aliphatic hydroxyl groups is 7. The first-order valence-corrected chi connectivity index (χ1v) is 12.7. The lowest BCUT2D eigenvalue weighted by Crippen LogP contribution is -2.61. The quantitative estimate of drug-likeness (QED) is 0.191. The first-order valence-electron chi connectivity index (χ1n) is 12.7. The van der Waals surface area contributed by atoms with Crippen LogP contribution in [0.1, 0.15) is 53.9 Å². The number of hydrogen-bond donors (Lipinski definition) is 7. The zero-order valence-corrected chi connectivity index (χ0v) is 21.9. The Kier molecular flexibility index (Phi) is 9.57. The van der Waals surface area contributed by atoms with Gasteiger partial charge in [0.15, 0.2) is 18.4 Å².